The number of likely N-dealkylation sites (N-methyl/N-ethyl adjacent to an activating group) is 1. The van der Waals surface area contributed by atoms with E-state index in [1.165, 1.54) is 11.0 Å². The standard InChI is InChI=1S/C24H21NO5S/c1-25(14-19-8-5-11-31-19)22(26)15-29-23(27)17-9-10-20-18(12-17)13-21(30-24(20)28)16-6-3-2-4-7-16/h2-12,21H,13-15H2,1H3. The number of cyclic esters (lactones) is 1. The number of thiophene rings is 1. The van der Waals surface area contributed by atoms with Crippen LogP contribution in [-0.4, -0.2) is 36.4 Å². The summed E-state index contributed by atoms with van der Waals surface area (Å²) in [7, 11) is 1.67. The lowest BCUT2D eigenvalue weighted by atomic mass is 9.93. The van der Waals surface area contributed by atoms with E-state index in [4.69, 9.17) is 9.47 Å². The van der Waals surface area contributed by atoms with Crippen molar-refractivity contribution < 1.29 is 23.9 Å². The van der Waals surface area contributed by atoms with Crippen molar-refractivity contribution in [1.29, 1.82) is 0 Å². The van der Waals surface area contributed by atoms with Gasteiger partial charge in [0.25, 0.3) is 5.91 Å². The molecule has 0 aliphatic carbocycles. The molecule has 0 N–H and O–H groups in total. The quantitative estimate of drug-likeness (QED) is 0.547. The molecule has 1 unspecified atom stereocenters. The monoisotopic (exact) mass is 435 g/mol. The largest absolute Gasteiger partial charge is 0.454 e. The Kier molecular flexibility index (Phi) is 6.13. The van der Waals surface area contributed by atoms with Gasteiger partial charge in [-0.2, -0.15) is 0 Å². The molecule has 0 bridgehead atoms. The molecule has 6 nitrogen and oxygen atoms in total. The van der Waals surface area contributed by atoms with E-state index in [0.29, 0.717) is 24.1 Å². The molecule has 3 aromatic rings. The Bertz CT molecular complexity index is 1090. The van der Waals surface area contributed by atoms with Crippen molar-refractivity contribution in [3.63, 3.8) is 0 Å². The molecule has 4 rings (SSSR count). The summed E-state index contributed by atoms with van der Waals surface area (Å²) >= 11 is 1.56. The molecule has 158 valence electrons. The first kappa shape index (κ1) is 20.8. The van der Waals surface area contributed by atoms with E-state index in [-0.39, 0.29) is 12.5 Å². The SMILES string of the molecule is CN(Cc1cccs1)C(=O)COC(=O)c1ccc2c(c1)CC(c1ccccc1)OC2=O. The highest BCUT2D eigenvalue weighted by Crippen LogP contribution is 2.31. The third-order valence-corrected chi connectivity index (χ3v) is 5.97. The molecule has 0 fully saturated rings. The van der Waals surface area contributed by atoms with Crippen molar-refractivity contribution in [3.8, 4) is 0 Å². The van der Waals surface area contributed by atoms with Gasteiger partial charge in [0.05, 0.1) is 17.7 Å². The highest BCUT2D eigenvalue weighted by Gasteiger charge is 2.28. The van der Waals surface area contributed by atoms with Crippen LogP contribution in [0, 0.1) is 0 Å². The summed E-state index contributed by atoms with van der Waals surface area (Å²) in [6.07, 6.45) is 0.0641. The van der Waals surface area contributed by atoms with Gasteiger partial charge in [-0.15, -0.1) is 11.3 Å². The van der Waals surface area contributed by atoms with E-state index in [1.54, 1.807) is 30.5 Å². The van der Waals surface area contributed by atoms with E-state index >= 15 is 0 Å². The van der Waals surface area contributed by atoms with Crippen LogP contribution in [0.2, 0.25) is 0 Å². The van der Waals surface area contributed by atoms with Crippen molar-refractivity contribution in [3.05, 3.63) is 93.2 Å². The number of amides is 1. The van der Waals surface area contributed by atoms with Gasteiger partial charge in [-0.05, 0) is 40.8 Å². The molecular weight excluding hydrogens is 414 g/mol. The Balaban J connectivity index is 1.40. The maximum Gasteiger partial charge on any atom is 0.339 e. The second-order valence-corrected chi connectivity index (χ2v) is 8.32. The number of carbonyl (C=O) groups is 3. The lowest BCUT2D eigenvalue weighted by molar-refractivity contribution is -0.133. The third-order valence-electron chi connectivity index (χ3n) is 5.11. The molecule has 0 saturated carbocycles. The number of hydrogen-bond donors (Lipinski definition) is 0. The van der Waals surface area contributed by atoms with Crippen LogP contribution >= 0.6 is 11.3 Å². The highest BCUT2D eigenvalue weighted by atomic mass is 32.1. The molecule has 2 heterocycles. The molecular formula is C24H21NO5S. The Morgan fingerprint density at radius 2 is 1.94 bits per heavy atom. The molecule has 2 aromatic carbocycles. The summed E-state index contributed by atoms with van der Waals surface area (Å²) in [6.45, 7) is 0.127. The van der Waals surface area contributed by atoms with Crippen LogP contribution in [-0.2, 0) is 27.2 Å². The normalized spacial score (nSPS) is 15.0. The van der Waals surface area contributed by atoms with Gasteiger partial charge in [0.1, 0.15) is 6.10 Å². The van der Waals surface area contributed by atoms with Gasteiger partial charge in [0, 0.05) is 18.3 Å². The van der Waals surface area contributed by atoms with Gasteiger partial charge in [-0.1, -0.05) is 36.4 Å². The Morgan fingerprint density at radius 1 is 1.13 bits per heavy atom. The molecule has 1 aliphatic rings. The third kappa shape index (κ3) is 4.83. The van der Waals surface area contributed by atoms with Gasteiger partial charge in [0.15, 0.2) is 6.61 Å². The van der Waals surface area contributed by atoms with Crippen LogP contribution in [0.4, 0.5) is 0 Å². The zero-order valence-corrected chi connectivity index (χ0v) is 17.8. The zero-order valence-electron chi connectivity index (χ0n) is 16.9. The van der Waals surface area contributed by atoms with E-state index in [9.17, 15) is 14.4 Å². The maximum atomic E-state index is 12.5. The highest BCUT2D eigenvalue weighted by molar-refractivity contribution is 7.09. The number of hydrogen-bond acceptors (Lipinski definition) is 6. The molecule has 31 heavy (non-hydrogen) atoms. The van der Waals surface area contributed by atoms with E-state index in [1.807, 2.05) is 47.8 Å². The molecule has 0 spiro atoms. The van der Waals surface area contributed by atoms with Crippen molar-refractivity contribution in [2.24, 2.45) is 0 Å². The summed E-state index contributed by atoms with van der Waals surface area (Å²) in [5.41, 5.74) is 2.36. The molecule has 1 aromatic heterocycles. The Hall–Kier alpha value is -3.45. The lowest BCUT2D eigenvalue weighted by Gasteiger charge is -2.25. The number of benzene rings is 2. The minimum absolute atomic E-state index is 0.285. The average molecular weight is 436 g/mol. The van der Waals surface area contributed by atoms with Gasteiger partial charge in [-0.3, -0.25) is 4.79 Å². The summed E-state index contributed by atoms with van der Waals surface area (Å²) in [5.74, 6) is -1.30. The van der Waals surface area contributed by atoms with Crippen LogP contribution in [0.5, 0.6) is 0 Å². The predicted molar refractivity (Wildman–Crippen MR) is 116 cm³/mol. The second-order valence-electron chi connectivity index (χ2n) is 7.29. The molecule has 1 amide bonds. The zero-order chi connectivity index (χ0) is 21.8. The molecule has 1 atom stereocenters. The fourth-order valence-corrected chi connectivity index (χ4v) is 4.18. The number of ether oxygens (including phenoxy) is 2. The Morgan fingerprint density at radius 3 is 2.68 bits per heavy atom. The second kappa shape index (κ2) is 9.14. The van der Waals surface area contributed by atoms with Crippen LogP contribution < -0.4 is 0 Å². The minimum atomic E-state index is -0.601. The van der Waals surface area contributed by atoms with Gasteiger partial charge in [-0.25, -0.2) is 9.59 Å². The van der Waals surface area contributed by atoms with Gasteiger partial charge < -0.3 is 14.4 Å². The average Bonchev–Trinajstić information content (AvgIpc) is 3.30. The van der Waals surface area contributed by atoms with Crippen LogP contribution in [0.1, 0.15) is 42.8 Å². The summed E-state index contributed by atoms with van der Waals surface area (Å²) in [5, 5.41) is 1.95. The van der Waals surface area contributed by atoms with Crippen molar-refractivity contribution in [1.82, 2.24) is 4.90 Å². The first-order chi connectivity index (χ1) is 15.0. The lowest BCUT2D eigenvalue weighted by Crippen LogP contribution is -2.30. The van der Waals surface area contributed by atoms with Crippen molar-refractivity contribution in [2.45, 2.75) is 19.1 Å². The fraction of sp³-hybridized carbons (Fsp3) is 0.208. The summed E-state index contributed by atoms with van der Waals surface area (Å²) in [6, 6.07) is 18.1. The fourth-order valence-electron chi connectivity index (χ4n) is 3.42. The molecule has 0 saturated heterocycles. The van der Waals surface area contributed by atoms with E-state index in [2.05, 4.69) is 0 Å². The molecule has 0 radical (unpaired) electrons. The maximum absolute atomic E-state index is 12.5. The van der Waals surface area contributed by atoms with Crippen molar-refractivity contribution >= 4 is 29.2 Å². The van der Waals surface area contributed by atoms with Gasteiger partial charge in [0.2, 0.25) is 0 Å². The molecule has 1 aliphatic heterocycles. The van der Waals surface area contributed by atoms with Crippen molar-refractivity contribution in [2.75, 3.05) is 13.7 Å². The molecule has 7 heteroatoms. The number of nitrogens with zero attached hydrogens (tertiary/aromatic N) is 1. The number of esters is 2. The number of fused-ring (bicyclic) bond motifs is 1. The predicted octanol–water partition coefficient (Wildman–Crippen LogP) is 4.02. The van der Waals surface area contributed by atoms with Crippen LogP contribution in [0.3, 0.4) is 0 Å². The summed E-state index contributed by atoms with van der Waals surface area (Å²) < 4.78 is 10.8. The smallest absolute Gasteiger partial charge is 0.339 e. The first-order valence-corrected chi connectivity index (χ1v) is 10.7. The Labute approximate surface area is 184 Å². The minimum Gasteiger partial charge on any atom is -0.454 e. The first-order valence-electron chi connectivity index (χ1n) is 9.83. The number of carbonyl (C=O) groups excluding carboxylic acids is 3. The van der Waals surface area contributed by atoms with Gasteiger partial charge >= 0.3 is 11.9 Å². The summed E-state index contributed by atoms with van der Waals surface area (Å²) in [4.78, 5) is 39.7. The van der Waals surface area contributed by atoms with E-state index < -0.39 is 18.0 Å². The number of rotatable bonds is 6. The van der Waals surface area contributed by atoms with E-state index in [0.717, 1.165) is 16.0 Å². The van der Waals surface area contributed by atoms with Crippen LogP contribution in [0.15, 0.2) is 66.0 Å². The topological polar surface area (TPSA) is 72.9 Å². The van der Waals surface area contributed by atoms with Crippen LogP contribution in [0.25, 0.3) is 0 Å².